The topological polar surface area (TPSA) is 43.8 Å². The van der Waals surface area contributed by atoms with Gasteiger partial charge in [-0.05, 0) is 43.4 Å². The summed E-state index contributed by atoms with van der Waals surface area (Å²) in [5, 5.41) is 9.04. The van der Waals surface area contributed by atoms with Crippen LogP contribution in [0, 0.1) is 0 Å². The smallest absolute Gasteiger partial charge is 0.317 e. The number of carboxylic acid groups (broad SMARTS) is 1. The minimum atomic E-state index is -0.724. The molecule has 1 aliphatic heterocycles. The van der Waals surface area contributed by atoms with Gasteiger partial charge in [0.15, 0.2) is 0 Å². The quantitative estimate of drug-likeness (QED) is 0.826. The van der Waals surface area contributed by atoms with E-state index in [0.717, 1.165) is 32.5 Å². The summed E-state index contributed by atoms with van der Waals surface area (Å²) in [6, 6.07) is 9.83. The van der Waals surface area contributed by atoms with Crippen molar-refractivity contribution in [2.24, 2.45) is 0 Å². The van der Waals surface area contributed by atoms with Crippen molar-refractivity contribution in [1.82, 2.24) is 9.80 Å². The first-order chi connectivity index (χ1) is 11.4. The third-order valence-corrected chi connectivity index (χ3v) is 5.39. The summed E-state index contributed by atoms with van der Waals surface area (Å²) in [7, 11) is 0. The lowest BCUT2D eigenvalue weighted by molar-refractivity contribution is -0.139. The lowest BCUT2D eigenvalue weighted by atomic mass is 9.96. The fourth-order valence-electron chi connectivity index (χ4n) is 3.68. The first-order valence-corrected chi connectivity index (χ1v) is 9.22. The zero-order chi connectivity index (χ0) is 17.7. The largest absolute Gasteiger partial charge is 0.480 e. The van der Waals surface area contributed by atoms with Crippen LogP contribution in [0.25, 0.3) is 0 Å². The molecule has 0 amide bonds. The number of nitrogens with zero attached hydrogens (tertiary/aromatic N) is 2. The summed E-state index contributed by atoms with van der Waals surface area (Å²) in [6.07, 6.45) is 2.10. The van der Waals surface area contributed by atoms with Crippen molar-refractivity contribution in [3.8, 4) is 0 Å². The second-order valence-corrected chi connectivity index (χ2v) is 7.22. The molecule has 1 N–H and O–H groups in total. The SMILES string of the molecule is CCN(CC(=O)O)C1CCN(C(C)c2ccc(C(C)C)cc2)CC1. The molecule has 4 nitrogen and oxygen atoms in total. The van der Waals surface area contributed by atoms with Gasteiger partial charge >= 0.3 is 5.97 Å². The molecule has 0 radical (unpaired) electrons. The summed E-state index contributed by atoms with van der Waals surface area (Å²) < 4.78 is 0. The molecular weight excluding hydrogens is 300 g/mol. The van der Waals surface area contributed by atoms with Crippen LogP contribution in [0.1, 0.15) is 63.6 Å². The molecule has 1 aromatic carbocycles. The Bertz CT molecular complexity index is 519. The first kappa shape index (κ1) is 18.9. The van der Waals surface area contributed by atoms with Crippen LogP contribution in [0.15, 0.2) is 24.3 Å². The molecule has 0 bridgehead atoms. The number of hydrogen-bond donors (Lipinski definition) is 1. The summed E-state index contributed by atoms with van der Waals surface area (Å²) in [4.78, 5) is 15.6. The number of piperidine rings is 1. The average Bonchev–Trinajstić information content (AvgIpc) is 2.59. The Morgan fingerprint density at radius 2 is 1.71 bits per heavy atom. The number of carboxylic acids is 1. The van der Waals surface area contributed by atoms with E-state index in [0.29, 0.717) is 18.0 Å². The lowest BCUT2D eigenvalue weighted by Gasteiger charge is -2.40. The fraction of sp³-hybridized carbons (Fsp3) is 0.650. The number of rotatable bonds is 7. The van der Waals surface area contributed by atoms with Crippen molar-refractivity contribution in [3.63, 3.8) is 0 Å². The third-order valence-electron chi connectivity index (χ3n) is 5.39. The second-order valence-electron chi connectivity index (χ2n) is 7.22. The Morgan fingerprint density at radius 3 is 2.17 bits per heavy atom. The van der Waals surface area contributed by atoms with E-state index in [1.165, 1.54) is 11.1 Å². The molecule has 0 aromatic heterocycles. The highest BCUT2D eigenvalue weighted by molar-refractivity contribution is 5.69. The van der Waals surface area contributed by atoms with Gasteiger partial charge < -0.3 is 5.11 Å². The first-order valence-electron chi connectivity index (χ1n) is 9.22. The van der Waals surface area contributed by atoms with Crippen molar-refractivity contribution < 1.29 is 9.90 Å². The zero-order valence-corrected chi connectivity index (χ0v) is 15.5. The lowest BCUT2D eigenvalue weighted by Crippen LogP contribution is -2.47. The van der Waals surface area contributed by atoms with Crippen LogP contribution in [-0.4, -0.2) is 53.1 Å². The van der Waals surface area contributed by atoms with Gasteiger partial charge in [0.25, 0.3) is 0 Å². The van der Waals surface area contributed by atoms with Gasteiger partial charge in [0, 0.05) is 25.2 Å². The Labute approximate surface area is 146 Å². The molecule has 1 aliphatic rings. The maximum atomic E-state index is 11.0. The van der Waals surface area contributed by atoms with E-state index < -0.39 is 5.97 Å². The molecule has 0 aliphatic carbocycles. The molecule has 1 unspecified atom stereocenters. The van der Waals surface area contributed by atoms with Crippen LogP contribution < -0.4 is 0 Å². The fourth-order valence-corrected chi connectivity index (χ4v) is 3.68. The van der Waals surface area contributed by atoms with Crippen LogP contribution in [0.2, 0.25) is 0 Å². The number of aliphatic carboxylic acids is 1. The van der Waals surface area contributed by atoms with Gasteiger partial charge in [0.1, 0.15) is 0 Å². The molecule has 1 atom stereocenters. The van der Waals surface area contributed by atoms with Crippen molar-refractivity contribution in [2.45, 2.75) is 58.5 Å². The summed E-state index contributed by atoms with van der Waals surface area (Å²) >= 11 is 0. The van der Waals surface area contributed by atoms with Crippen molar-refractivity contribution in [1.29, 1.82) is 0 Å². The van der Waals surface area contributed by atoms with Crippen molar-refractivity contribution in [2.75, 3.05) is 26.2 Å². The molecule has 0 saturated carbocycles. The number of carbonyl (C=O) groups is 1. The van der Waals surface area contributed by atoms with Crippen LogP contribution in [0.4, 0.5) is 0 Å². The molecule has 1 heterocycles. The number of hydrogen-bond acceptors (Lipinski definition) is 3. The molecule has 2 rings (SSSR count). The van der Waals surface area contributed by atoms with Crippen molar-refractivity contribution >= 4 is 5.97 Å². The highest BCUT2D eigenvalue weighted by atomic mass is 16.4. The monoisotopic (exact) mass is 332 g/mol. The average molecular weight is 332 g/mol. The second kappa shape index (κ2) is 8.63. The maximum Gasteiger partial charge on any atom is 0.317 e. The minimum Gasteiger partial charge on any atom is -0.480 e. The Balaban J connectivity index is 1.92. The molecule has 24 heavy (non-hydrogen) atoms. The van der Waals surface area contributed by atoms with E-state index >= 15 is 0 Å². The Kier molecular flexibility index (Phi) is 6.81. The van der Waals surface area contributed by atoms with E-state index in [-0.39, 0.29) is 6.54 Å². The van der Waals surface area contributed by atoms with Gasteiger partial charge in [0.05, 0.1) is 6.54 Å². The van der Waals surface area contributed by atoms with E-state index in [1.807, 2.05) is 6.92 Å². The molecule has 1 aromatic rings. The normalized spacial score (nSPS) is 18.2. The van der Waals surface area contributed by atoms with E-state index in [1.54, 1.807) is 0 Å². The summed E-state index contributed by atoms with van der Waals surface area (Å²) in [5.74, 6) is -0.155. The van der Waals surface area contributed by atoms with E-state index in [2.05, 4.69) is 54.8 Å². The van der Waals surface area contributed by atoms with Gasteiger partial charge in [0.2, 0.25) is 0 Å². The Hall–Kier alpha value is -1.39. The van der Waals surface area contributed by atoms with Gasteiger partial charge in [-0.25, -0.2) is 0 Å². The Morgan fingerprint density at radius 1 is 1.17 bits per heavy atom. The molecule has 4 heteroatoms. The summed E-state index contributed by atoms with van der Waals surface area (Å²) in [6.45, 7) is 11.8. The molecule has 0 spiro atoms. The highest BCUT2D eigenvalue weighted by Crippen LogP contribution is 2.27. The van der Waals surface area contributed by atoms with Crippen LogP contribution in [0.5, 0.6) is 0 Å². The van der Waals surface area contributed by atoms with Gasteiger partial charge in [-0.3, -0.25) is 14.6 Å². The molecule has 134 valence electrons. The molecule has 1 fully saturated rings. The van der Waals surface area contributed by atoms with E-state index in [4.69, 9.17) is 5.11 Å². The molecular formula is C20H32N2O2. The third kappa shape index (κ3) is 4.81. The maximum absolute atomic E-state index is 11.0. The van der Waals surface area contributed by atoms with Crippen LogP contribution in [0.3, 0.4) is 0 Å². The van der Waals surface area contributed by atoms with Gasteiger partial charge in [-0.15, -0.1) is 0 Å². The van der Waals surface area contributed by atoms with Gasteiger partial charge in [-0.2, -0.15) is 0 Å². The highest BCUT2D eigenvalue weighted by Gasteiger charge is 2.27. The predicted octanol–water partition coefficient (Wildman–Crippen LogP) is 3.74. The number of benzene rings is 1. The van der Waals surface area contributed by atoms with E-state index in [9.17, 15) is 4.79 Å². The standard InChI is InChI=1S/C20H32N2O2/c1-5-21(14-20(23)24)19-10-12-22(13-11-19)16(4)18-8-6-17(7-9-18)15(2)3/h6-9,15-16,19H,5,10-14H2,1-4H3,(H,23,24). The predicted molar refractivity (Wildman–Crippen MR) is 98.4 cm³/mol. The van der Waals surface area contributed by atoms with Crippen LogP contribution >= 0.6 is 0 Å². The zero-order valence-electron chi connectivity index (χ0n) is 15.5. The van der Waals surface area contributed by atoms with Gasteiger partial charge in [-0.1, -0.05) is 45.0 Å². The minimum absolute atomic E-state index is 0.160. The number of likely N-dealkylation sites (N-methyl/N-ethyl adjacent to an activating group) is 1. The molecule has 1 saturated heterocycles. The summed E-state index contributed by atoms with van der Waals surface area (Å²) in [5.41, 5.74) is 2.76. The van der Waals surface area contributed by atoms with Crippen molar-refractivity contribution in [3.05, 3.63) is 35.4 Å². The van der Waals surface area contributed by atoms with Crippen LogP contribution in [-0.2, 0) is 4.79 Å². The number of likely N-dealkylation sites (tertiary alicyclic amines) is 1.